The smallest absolute Gasteiger partial charge is 0.236 e. The van der Waals surface area contributed by atoms with Gasteiger partial charge in [-0.1, -0.05) is 18.2 Å². The zero-order valence-electron chi connectivity index (χ0n) is 16.5. The van der Waals surface area contributed by atoms with Gasteiger partial charge in [0.2, 0.25) is 5.91 Å². The quantitative estimate of drug-likeness (QED) is 0.470. The van der Waals surface area contributed by atoms with Crippen molar-refractivity contribution in [2.75, 3.05) is 18.2 Å². The van der Waals surface area contributed by atoms with Crippen molar-refractivity contribution in [3.8, 4) is 11.4 Å². The maximum atomic E-state index is 12.5. The van der Waals surface area contributed by atoms with E-state index in [9.17, 15) is 4.79 Å². The highest BCUT2D eigenvalue weighted by molar-refractivity contribution is 7.99. The molecule has 0 aliphatic heterocycles. The molecule has 29 heavy (non-hydrogen) atoms. The van der Waals surface area contributed by atoms with Gasteiger partial charge < -0.3 is 10.1 Å². The van der Waals surface area contributed by atoms with Crippen molar-refractivity contribution in [1.82, 2.24) is 19.7 Å². The highest BCUT2D eigenvalue weighted by Gasteiger charge is 2.17. The number of carbonyl (C=O) groups is 1. The lowest BCUT2D eigenvalue weighted by atomic mass is 10.2. The summed E-state index contributed by atoms with van der Waals surface area (Å²) in [6, 6.07) is 7.68. The molecule has 0 bridgehead atoms. The van der Waals surface area contributed by atoms with Crippen molar-refractivity contribution in [2.45, 2.75) is 44.2 Å². The standard InChI is InChI=1S/C20H23N5O2S2/c1-13-23-24-20(25(13)14-8-10-15(27-2)11-9-14)28-12-18(26)22-19-21-16-6-4-3-5-7-17(16)29-19/h8-11H,3-7,12H2,1-2H3,(H,21,22,26). The number of nitrogens with one attached hydrogen (secondary N) is 1. The van der Waals surface area contributed by atoms with Crippen LogP contribution in [0, 0.1) is 6.92 Å². The first-order valence-corrected chi connectivity index (χ1v) is 11.4. The van der Waals surface area contributed by atoms with Crippen LogP contribution in [0.1, 0.15) is 35.7 Å². The average molecular weight is 430 g/mol. The molecule has 7 nitrogen and oxygen atoms in total. The molecular formula is C20H23N5O2S2. The maximum absolute atomic E-state index is 12.5. The summed E-state index contributed by atoms with van der Waals surface area (Å²) in [5.41, 5.74) is 2.09. The molecule has 1 amide bonds. The second-order valence-corrected chi connectivity index (χ2v) is 8.88. The molecule has 0 spiro atoms. The normalized spacial score (nSPS) is 13.6. The summed E-state index contributed by atoms with van der Waals surface area (Å²) in [5.74, 6) is 1.72. The summed E-state index contributed by atoms with van der Waals surface area (Å²) in [5, 5.41) is 12.7. The van der Waals surface area contributed by atoms with Crippen LogP contribution in [0.3, 0.4) is 0 Å². The molecule has 4 rings (SSSR count). The Morgan fingerprint density at radius 1 is 1.21 bits per heavy atom. The number of aryl methyl sites for hydroxylation is 3. The Morgan fingerprint density at radius 2 is 2.00 bits per heavy atom. The number of thiazole rings is 1. The minimum absolute atomic E-state index is 0.0826. The second-order valence-electron chi connectivity index (χ2n) is 6.85. The van der Waals surface area contributed by atoms with E-state index in [0.717, 1.165) is 35.8 Å². The first-order chi connectivity index (χ1) is 14.1. The predicted octanol–water partition coefficient (Wildman–Crippen LogP) is 4.04. The molecule has 3 aromatic rings. The van der Waals surface area contributed by atoms with E-state index in [1.807, 2.05) is 35.8 Å². The van der Waals surface area contributed by atoms with Crippen LogP contribution in [0.4, 0.5) is 5.13 Å². The number of nitrogens with zero attached hydrogens (tertiary/aromatic N) is 4. The number of hydrogen-bond donors (Lipinski definition) is 1. The first kappa shape index (κ1) is 19.9. The van der Waals surface area contributed by atoms with Crippen molar-refractivity contribution in [3.05, 3.63) is 40.7 Å². The van der Waals surface area contributed by atoms with Gasteiger partial charge in [-0.25, -0.2) is 4.98 Å². The number of carbonyl (C=O) groups excluding carboxylic acids is 1. The topological polar surface area (TPSA) is 81.9 Å². The fourth-order valence-electron chi connectivity index (χ4n) is 3.33. The minimum Gasteiger partial charge on any atom is -0.497 e. The van der Waals surface area contributed by atoms with Gasteiger partial charge >= 0.3 is 0 Å². The Bertz CT molecular complexity index is 973. The molecule has 1 aliphatic carbocycles. The fraction of sp³-hybridized carbons (Fsp3) is 0.400. The Morgan fingerprint density at radius 3 is 2.79 bits per heavy atom. The Labute approximate surface area is 177 Å². The molecule has 1 aliphatic rings. The van der Waals surface area contributed by atoms with E-state index in [0.29, 0.717) is 10.3 Å². The van der Waals surface area contributed by atoms with Crippen LogP contribution in [-0.2, 0) is 17.6 Å². The Hall–Kier alpha value is -2.39. The van der Waals surface area contributed by atoms with Gasteiger partial charge in [0.15, 0.2) is 10.3 Å². The number of benzene rings is 1. The number of amides is 1. The third kappa shape index (κ3) is 4.62. The van der Waals surface area contributed by atoms with Gasteiger partial charge in [0.25, 0.3) is 0 Å². The van der Waals surface area contributed by atoms with E-state index >= 15 is 0 Å². The number of ether oxygens (including phenoxy) is 1. The summed E-state index contributed by atoms with van der Waals surface area (Å²) >= 11 is 2.97. The molecule has 0 unspecified atom stereocenters. The van der Waals surface area contributed by atoms with E-state index in [4.69, 9.17) is 4.74 Å². The lowest BCUT2D eigenvalue weighted by Crippen LogP contribution is -2.14. The zero-order valence-corrected chi connectivity index (χ0v) is 18.1. The predicted molar refractivity (Wildman–Crippen MR) is 115 cm³/mol. The maximum Gasteiger partial charge on any atom is 0.236 e. The fourth-order valence-corrected chi connectivity index (χ4v) is 5.20. The summed E-state index contributed by atoms with van der Waals surface area (Å²) < 4.78 is 7.15. The molecule has 1 aromatic carbocycles. The summed E-state index contributed by atoms with van der Waals surface area (Å²) in [7, 11) is 1.64. The molecule has 0 saturated carbocycles. The Balaban J connectivity index is 1.41. The van der Waals surface area contributed by atoms with Gasteiger partial charge in [-0.3, -0.25) is 9.36 Å². The van der Waals surface area contributed by atoms with Crippen LogP contribution in [0.2, 0.25) is 0 Å². The van der Waals surface area contributed by atoms with Gasteiger partial charge in [-0.15, -0.1) is 21.5 Å². The van der Waals surface area contributed by atoms with Crippen LogP contribution in [0.5, 0.6) is 5.75 Å². The highest BCUT2D eigenvalue weighted by Crippen LogP contribution is 2.29. The van der Waals surface area contributed by atoms with E-state index < -0.39 is 0 Å². The molecule has 2 aromatic heterocycles. The monoisotopic (exact) mass is 429 g/mol. The van der Waals surface area contributed by atoms with E-state index in [2.05, 4.69) is 20.5 Å². The SMILES string of the molecule is COc1ccc(-n2c(C)nnc2SCC(=O)Nc2nc3c(s2)CCCCC3)cc1. The first-order valence-electron chi connectivity index (χ1n) is 9.61. The number of aromatic nitrogens is 4. The summed E-state index contributed by atoms with van der Waals surface area (Å²) in [6.07, 6.45) is 5.73. The van der Waals surface area contributed by atoms with Crippen molar-refractivity contribution in [3.63, 3.8) is 0 Å². The number of methoxy groups -OCH3 is 1. The lowest BCUT2D eigenvalue weighted by molar-refractivity contribution is -0.113. The number of fused-ring (bicyclic) bond motifs is 1. The van der Waals surface area contributed by atoms with Gasteiger partial charge in [-0.2, -0.15) is 0 Å². The Kier molecular flexibility index (Phi) is 6.15. The van der Waals surface area contributed by atoms with Crippen LogP contribution < -0.4 is 10.1 Å². The van der Waals surface area contributed by atoms with E-state index in [-0.39, 0.29) is 11.7 Å². The largest absolute Gasteiger partial charge is 0.497 e. The van der Waals surface area contributed by atoms with Crippen LogP contribution in [0.25, 0.3) is 5.69 Å². The van der Waals surface area contributed by atoms with Crippen molar-refractivity contribution in [2.24, 2.45) is 0 Å². The minimum atomic E-state index is -0.0826. The number of anilines is 1. The van der Waals surface area contributed by atoms with E-state index in [1.165, 1.54) is 35.9 Å². The molecule has 0 fully saturated rings. The second kappa shape index (κ2) is 8.96. The molecule has 152 valence electrons. The molecule has 0 radical (unpaired) electrons. The van der Waals surface area contributed by atoms with Crippen molar-refractivity contribution in [1.29, 1.82) is 0 Å². The molecular weight excluding hydrogens is 406 g/mol. The highest BCUT2D eigenvalue weighted by atomic mass is 32.2. The van der Waals surface area contributed by atoms with Crippen LogP contribution in [0.15, 0.2) is 29.4 Å². The van der Waals surface area contributed by atoms with Gasteiger partial charge in [0.1, 0.15) is 11.6 Å². The van der Waals surface area contributed by atoms with Crippen molar-refractivity contribution >= 4 is 34.1 Å². The lowest BCUT2D eigenvalue weighted by Gasteiger charge is -2.09. The zero-order chi connectivity index (χ0) is 20.2. The van der Waals surface area contributed by atoms with Crippen LogP contribution >= 0.6 is 23.1 Å². The molecule has 9 heteroatoms. The third-order valence-corrected chi connectivity index (χ3v) is 6.80. The van der Waals surface area contributed by atoms with Crippen LogP contribution in [-0.4, -0.2) is 38.5 Å². The number of hydrogen-bond acceptors (Lipinski definition) is 7. The van der Waals surface area contributed by atoms with E-state index in [1.54, 1.807) is 18.4 Å². The van der Waals surface area contributed by atoms with Gasteiger partial charge in [-0.05, 0) is 56.9 Å². The van der Waals surface area contributed by atoms with Gasteiger partial charge in [0, 0.05) is 10.6 Å². The number of thioether (sulfide) groups is 1. The average Bonchev–Trinajstić information content (AvgIpc) is 3.21. The van der Waals surface area contributed by atoms with Gasteiger partial charge in [0.05, 0.1) is 18.6 Å². The summed E-state index contributed by atoms with van der Waals surface area (Å²) in [6.45, 7) is 1.89. The molecule has 0 saturated heterocycles. The molecule has 1 N–H and O–H groups in total. The molecule has 0 atom stereocenters. The molecule has 2 heterocycles. The number of rotatable bonds is 6. The van der Waals surface area contributed by atoms with Crippen molar-refractivity contribution < 1.29 is 9.53 Å². The summed E-state index contributed by atoms with van der Waals surface area (Å²) in [4.78, 5) is 18.4. The third-order valence-electron chi connectivity index (χ3n) is 4.80.